The normalized spacial score (nSPS) is 12.4. The van der Waals surface area contributed by atoms with Crippen LogP contribution in [0.5, 0.6) is 0 Å². The fourth-order valence-electron chi connectivity index (χ4n) is 1.60. The second kappa shape index (κ2) is 7.04. The van der Waals surface area contributed by atoms with Gasteiger partial charge >= 0.3 is 5.97 Å². The average Bonchev–Trinajstić information content (AvgIpc) is 2.30. The van der Waals surface area contributed by atoms with E-state index in [2.05, 4.69) is 12.2 Å². The van der Waals surface area contributed by atoms with E-state index in [1.165, 1.54) is 0 Å². The highest BCUT2D eigenvalue weighted by Crippen LogP contribution is 2.06. The van der Waals surface area contributed by atoms with Crippen LogP contribution in [0.4, 0.5) is 0 Å². The van der Waals surface area contributed by atoms with Gasteiger partial charge in [-0.1, -0.05) is 19.1 Å². The zero-order chi connectivity index (χ0) is 12.7. The number of nitrogens with one attached hydrogen (secondary N) is 1. The quantitative estimate of drug-likeness (QED) is 0.672. The molecule has 1 atom stereocenters. The van der Waals surface area contributed by atoms with Crippen LogP contribution in [-0.2, 0) is 6.54 Å². The van der Waals surface area contributed by atoms with Gasteiger partial charge in [0.2, 0.25) is 0 Å². The van der Waals surface area contributed by atoms with E-state index in [-0.39, 0.29) is 6.61 Å². The predicted octanol–water partition coefficient (Wildman–Crippen LogP) is 1.49. The summed E-state index contributed by atoms with van der Waals surface area (Å²) in [6.07, 6.45) is 0.780. The molecule has 0 radical (unpaired) electrons. The van der Waals surface area contributed by atoms with Crippen LogP contribution in [0.1, 0.15) is 29.3 Å². The maximum absolute atomic E-state index is 10.8. The Hall–Kier alpha value is -1.39. The third-order valence-corrected chi connectivity index (χ3v) is 2.62. The van der Waals surface area contributed by atoms with E-state index in [4.69, 9.17) is 10.2 Å². The molecule has 3 N–H and O–H groups in total. The summed E-state index contributed by atoms with van der Waals surface area (Å²) in [6, 6.07) is 6.90. The molecule has 0 bridgehead atoms. The molecule has 0 amide bonds. The molecule has 0 aliphatic heterocycles. The Morgan fingerprint density at radius 2 is 2.24 bits per heavy atom. The van der Waals surface area contributed by atoms with Crippen LogP contribution in [0.15, 0.2) is 24.3 Å². The molecule has 94 valence electrons. The third-order valence-electron chi connectivity index (χ3n) is 2.62. The van der Waals surface area contributed by atoms with E-state index in [0.29, 0.717) is 18.0 Å². The first-order valence-corrected chi connectivity index (χ1v) is 5.77. The van der Waals surface area contributed by atoms with Crippen molar-refractivity contribution in [2.75, 3.05) is 13.2 Å². The van der Waals surface area contributed by atoms with Crippen LogP contribution in [0.2, 0.25) is 0 Å². The van der Waals surface area contributed by atoms with Crippen molar-refractivity contribution in [1.82, 2.24) is 5.32 Å². The minimum atomic E-state index is -0.902. The summed E-state index contributed by atoms with van der Waals surface area (Å²) in [5.74, 6) is -0.483. The van der Waals surface area contributed by atoms with Crippen molar-refractivity contribution in [1.29, 1.82) is 0 Å². The van der Waals surface area contributed by atoms with E-state index in [1.54, 1.807) is 18.2 Å². The number of carboxylic acids is 1. The minimum absolute atomic E-state index is 0.206. The number of carboxylic acid groups (broad SMARTS) is 1. The molecular formula is C13H19NO3. The molecule has 1 unspecified atom stereocenters. The molecule has 0 fully saturated rings. The Morgan fingerprint density at radius 1 is 1.47 bits per heavy atom. The number of hydrogen-bond acceptors (Lipinski definition) is 3. The Bertz CT molecular complexity index is 365. The molecule has 1 aromatic rings. The molecule has 0 aliphatic rings. The van der Waals surface area contributed by atoms with Crippen LogP contribution in [0.3, 0.4) is 0 Å². The Labute approximate surface area is 101 Å². The van der Waals surface area contributed by atoms with Gasteiger partial charge in [0.25, 0.3) is 0 Å². The minimum Gasteiger partial charge on any atom is -0.478 e. The molecule has 4 nitrogen and oxygen atoms in total. The number of hydrogen-bond donors (Lipinski definition) is 3. The van der Waals surface area contributed by atoms with Gasteiger partial charge < -0.3 is 15.5 Å². The molecule has 0 spiro atoms. The van der Waals surface area contributed by atoms with Gasteiger partial charge in [-0.15, -0.1) is 0 Å². The zero-order valence-corrected chi connectivity index (χ0v) is 10.0. The van der Waals surface area contributed by atoms with Crippen molar-refractivity contribution in [3.8, 4) is 0 Å². The van der Waals surface area contributed by atoms with Gasteiger partial charge in [0.05, 0.1) is 5.56 Å². The summed E-state index contributed by atoms with van der Waals surface area (Å²) in [6.45, 7) is 3.74. The summed E-state index contributed by atoms with van der Waals surface area (Å²) < 4.78 is 0. The average molecular weight is 237 g/mol. The fourth-order valence-corrected chi connectivity index (χ4v) is 1.60. The Morgan fingerprint density at radius 3 is 2.88 bits per heavy atom. The number of aromatic carboxylic acids is 1. The SMILES string of the molecule is CC(CCO)CNCc1cccc(C(=O)O)c1. The molecule has 0 saturated carbocycles. The van der Waals surface area contributed by atoms with Crippen molar-refractivity contribution < 1.29 is 15.0 Å². The van der Waals surface area contributed by atoms with E-state index in [9.17, 15) is 4.79 Å². The number of aliphatic hydroxyl groups is 1. The van der Waals surface area contributed by atoms with Crippen molar-refractivity contribution in [3.05, 3.63) is 35.4 Å². The van der Waals surface area contributed by atoms with Gasteiger partial charge in [-0.25, -0.2) is 4.79 Å². The summed E-state index contributed by atoms with van der Waals surface area (Å²) in [5, 5.41) is 20.9. The van der Waals surface area contributed by atoms with Gasteiger partial charge in [0.1, 0.15) is 0 Å². The first-order chi connectivity index (χ1) is 8.13. The molecule has 0 aliphatic carbocycles. The lowest BCUT2D eigenvalue weighted by Gasteiger charge is -2.11. The molecule has 0 saturated heterocycles. The highest BCUT2D eigenvalue weighted by Gasteiger charge is 2.04. The maximum atomic E-state index is 10.8. The third kappa shape index (κ3) is 4.97. The molecule has 17 heavy (non-hydrogen) atoms. The van der Waals surface area contributed by atoms with Crippen LogP contribution < -0.4 is 5.32 Å². The van der Waals surface area contributed by atoms with Crippen LogP contribution in [-0.4, -0.2) is 29.3 Å². The van der Waals surface area contributed by atoms with E-state index in [1.807, 2.05) is 6.07 Å². The summed E-state index contributed by atoms with van der Waals surface area (Å²) in [7, 11) is 0. The standard InChI is InChI=1S/C13H19NO3/c1-10(5-6-15)8-14-9-11-3-2-4-12(7-11)13(16)17/h2-4,7,10,14-15H,5-6,8-9H2,1H3,(H,16,17). The molecule has 4 heteroatoms. The predicted molar refractivity (Wildman–Crippen MR) is 66.0 cm³/mol. The second-order valence-corrected chi connectivity index (χ2v) is 4.25. The number of aliphatic hydroxyl groups excluding tert-OH is 1. The first-order valence-electron chi connectivity index (χ1n) is 5.77. The number of rotatable bonds is 7. The van der Waals surface area contributed by atoms with Crippen molar-refractivity contribution in [2.45, 2.75) is 19.9 Å². The molecule has 1 rings (SSSR count). The molecule has 1 aromatic carbocycles. The van der Waals surface area contributed by atoms with Gasteiger partial charge in [-0.3, -0.25) is 0 Å². The Balaban J connectivity index is 2.41. The van der Waals surface area contributed by atoms with Crippen LogP contribution in [0.25, 0.3) is 0 Å². The topological polar surface area (TPSA) is 69.6 Å². The molecule has 0 aromatic heterocycles. The first kappa shape index (κ1) is 13.7. The van der Waals surface area contributed by atoms with E-state index >= 15 is 0 Å². The largest absolute Gasteiger partial charge is 0.478 e. The summed E-state index contributed by atoms with van der Waals surface area (Å²) in [5.41, 5.74) is 1.27. The lowest BCUT2D eigenvalue weighted by molar-refractivity contribution is 0.0696. The van der Waals surface area contributed by atoms with Crippen LogP contribution in [0, 0.1) is 5.92 Å². The van der Waals surface area contributed by atoms with Crippen molar-refractivity contribution in [3.63, 3.8) is 0 Å². The monoisotopic (exact) mass is 237 g/mol. The van der Waals surface area contributed by atoms with Crippen molar-refractivity contribution in [2.24, 2.45) is 5.92 Å². The number of benzene rings is 1. The summed E-state index contributed by atoms with van der Waals surface area (Å²) in [4.78, 5) is 10.8. The second-order valence-electron chi connectivity index (χ2n) is 4.25. The molecule has 0 heterocycles. The van der Waals surface area contributed by atoms with Gasteiger partial charge in [-0.2, -0.15) is 0 Å². The smallest absolute Gasteiger partial charge is 0.335 e. The molecular weight excluding hydrogens is 218 g/mol. The zero-order valence-electron chi connectivity index (χ0n) is 10.0. The lowest BCUT2D eigenvalue weighted by atomic mass is 10.1. The highest BCUT2D eigenvalue weighted by molar-refractivity contribution is 5.87. The van der Waals surface area contributed by atoms with Gasteiger partial charge in [-0.05, 0) is 36.6 Å². The van der Waals surface area contributed by atoms with Gasteiger partial charge in [0, 0.05) is 13.2 Å². The Kier molecular flexibility index (Phi) is 5.66. The maximum Gasteiger partial charge on any atom is 0.335 e. The van der Waals surface area contributed by atoms with Crippen molar-refractivity contribution >= 4 is 5.97 Å². The lowest BCUT2D eigenvalue weighted by Crippen LogP contribution is -2.21. The highest BCUT2D eigenvalue weighted by atomic mass is 16.4. The number of carbonyl (C=O) groups is 1. The fraction of sp³-hybridized carbons (Fsp3) is 0.462. The van der Waals surface area contributed by atoms with Crippen LogP contribution >= 0.6 is 0 Å². The van der Waals surface area contributed by atoms with Gasteiger partial charge in [0.15, 0.2) is 0 Å². The van der Waals surface area contributed by atoms with E-state index in [0.717, 1.165) is 18.5 Å². The summed E-state index contributed by atoms with van der Waals surface area (Å²) >= 11 is 0. The van der Waals surface area contributed by atoms with E-state index < -0.39 is 5.97 Å².